The van der Waals surface area contributed by atoms with Gasteiger partial charge in [-0.15, -0.1) is 6.58 Å². The molecule has 0 bridgehead atoms. The number of aliphatic hydroxyl groups is 1. The molecule has 0 aliphatic rings. The minimum absolute atomic E-state index is 0.0490. The third-order valence-corrected chi connectivity index (χ3v) is 2.34. The number of hydrogen-bond donors (Lipinski definition) is 2. The second-order valence-corrected chi connectivity index (χ2v) is 3.80. The van der Waals surface area contributed by atoms with Crippen molar-refractivity contribution in [3.05, 3.63) is 36.7 Å². The van der Waals surface area contributed by atoms with Crippen LogP contribution in [0.3, 0.4) is 0 Å². The zero-order valence-electron chi connectivity index (χ0n) is 10.1. The molecule has 1 aromatic rings. The van der Waals surface area contributed by atoms with Gasteiger partial charge >= 0.3 is 6.03 Å². The van der Waals surface area contributed by atoms with Gasteiger partial charge in [0.2, 0.25) is 0 Å². The lowest BCUT2D eigenvalue weighted by Crippen LogP contribution is -2.41. The molecule has 2 amide bonds. The Kier molecular flexibility index (Phi) is 5.29. The van der Waals surface area contributed by atoms with Crippen molar-refractivity contribution in [1.29, 1.82) is 0 Å². The fraction of sp³-hybridized carbons (Fsp3) is 0.417. The highest BCUT2D eigenvalue weighted by Crippen LogP contribution is 1.99. The number of urea groups is 1. The predicted molar refractivity (Wildman–Crippen MR) is 66.5 cm³/mol. The Bertz CT molecular complexity index is 374. The number of aliphatic hydroxyl groups excluding tert-OH is 1. The quantitative estimate of drug-likeness (QED) is 0.716. The van der Waals surface area contributed by atoms with Crippen LogP contribution in [-0.2, 0) is 13.6 Å². The van der Waals surface area contributed by atoms with Crippen molar-refractivity contribution in [3.8, 4) is 0 Å². The summed E-state index contributed by atoms with van der Waals surface area (Å²) < 4.78 is 1.93. The molecule has 5 nitrogen and oxygen atoms in total. The minimum Gasteiger partial charge on any atom is -0.395 e. The van der Waals surface area contributed by atoms with E-state index in [0.717, 1.165) is 5.56 Å². The summed E-state index contributed by atoms with van der Waals surface area (Å²) in [5.41, 5.74) is 1.04. The Labute approximate surface area is 101 Å². The van der Waals surface area contributed by atoms with Crippen molar-refractivity contribution in [2.75, 3.05) is 19.7 Å². The molecule has 5 heteroatoms. The number of aromatic nitrogens is 1. The maximum Gasteiger partial charge on any atom is 0.318 e. The average molecular weight is 237 g/mol. The van der Waals surface area contributed by atoms with Gasteiger partial charge in [0.25, 0.3) is 0 Å². The minimum atomic E-state index is -0.192. The molecule has 0 unspecified atom stereocenters. The molecule has 0 aliphatic heterocycles. The first kappa shape index (κ1) is 13.3. The number of hydrogen-bond acceptors (Lipinski definition) is 2. The standard InChI is InChI=1S/C12H19N3O2/c1-3-5-15(7-8-16)12(17)13-9-11-4-6-14(2)10-11/h3-4,6,10,16H,1,5,7-9H2,2H3,(H,13,17). The van der Waals surface area contributed by atoms with E-state index in [9.17, 15) is 4.79 Å². The van der Waals surface area contributed by atoms with E-state index in [4.69, 9.17) is 5.11 Å². The highest BCUT2D eigenvalue weighted by atomic mass is 16.3. The summed E-state index contributed by atoms with van der Waals surface area (Å²) in [4.78, 5) is 13.3. The first-order chi connectivity index (χ1) is 8.17. The smallest absolute Gasteiger partial charge is 0.318 e. The second-order valence-electron chi connectivity index (χ2n) is 3.80. The second kappa shape index (κ2) is 6.75. The summed E-state index contributed by atoms with van der Waals surface area (Å²) in [6, 6.07) is 1.76. The lowest BCUT2D eigenvalue weighted by atomic mass is 10.3. The first-order valence-corrected chi connectivity index (χ1v) is 5.52. The normalized spacial score (nSPS) is 10.0. The number of nitrogens with one attached hydrogen (secondary N) is 1. The van der Waals surface area contributed by atoms with Gasteiger partial charge in [0.15, 0.2) is 0 Å². The first-order valence-electron chi connectivity index (χ1n) is 5.52. The molecule has 94 valence electrons. The number of aryl methyl sites for hydroxylation is 1. The van der Waals surface area contributed by atoms with Gasteiger partial charge in [0.1, 0.15) is 0 Å². The number of amides is 2. The zero-order chi connectivity index (χ0) is 12.7. The number of carbonyl (C=O) groups excluding carboxylic acids is 1. The lowest BCUT2D eigenvalue weighted by molar-refractivity contribution is 0.183. The topological polar surface area (TPSA) is 57.5 Å². The van der Waals surface area contributed by atoms with Crippen LogP contribution in [0.15, 0.2) is 31.1 Å². The van der Waals surface area contributed by atoms with E-state index in [2.05, 4.69) is 11.9 Å². The average Bonchev–Trinajstić information content (AvgIpc) is 2.72. The van der Waals surface area contributed by atoms with Crippen LogP contribution in [0.5, 0.6) is 0 Å². The van der Waals surface area contributed by atoms with E-state index >= 15 is 0 Å². The van der Waals surface area contributed by atoms with Crippen molar-refractivity contribution in [1.82, 2.24) is 14.8 Å². The van der Waals surface area contributed by atoms with Crippen molar-refractivity contribution >= 4 is 6.03 Å². The van der Waals surface area contributed by atoms with Crippen molar-refractivity contribution in [2.45, 2.75) is 6.54 Å². The van der Waals surface area contributed by atoms with Gasteiger partial charge in [0.05, 0.1) is 6.61 Å². The van der Waals surface area contributed by atoms with E-state index in [-0.39, 0.29) is 12.6 Å². The van der Waals surface area contributed by atoms with Crippen molar-refractivity contribution in [2.24, 2.45) is 7.05 Å². The summed E-state index contributed by atoms with van der Waals surface area (Å²) in [6.45, 7) is 4.76. The molecule has 2 N–H and O–H groups in total. The van der Waals surface area contributed by atoms with Crippen LogP contribution in [0, 0.1) is 0 Å². The molecule has 1 heterocycles. The van der Waals surface area contributed by atoms with Gasteiger partial charge in [-0.25, -0.2) is 4.79 Å². The summed E-state index contributed by atoms with van der Waals surface area (Å²) in [6.07, 6.45) is 5.51. The Balaban J connectivity index is 2.43. The van der Waals surface area contributed by atoms with E-state index in [1.165, 1.54) is 4.90 Å². The molecule has 17 heavy (non-hydrogen) atoms. The fourth-order valence-corrected chi connectivity index (χ4v) is 1.51. The number of rotatable bonds is 6. The summed E-state index contributed by atoms with van der Waals surface area (Å²) in [7, 11) is 1.93. The Morgan fingerprint density at radius 1 is 1.71 bits per heavy atom. The van der Waals surface area contributed by atoms with Crippen molar-refractivity contribution < 1.29 is 9.90 Å². The molecule has 0 fully saturated rings. The third-order valence-electron chi connectivity index (χ3n) is 2.34. The van der Waals surface area contributed by atoms with E-state index in [0.29, 0.717) is 19.6 Å². The largest absolute Gasteiger partial charge is 0.395 e. The Morgan fingerprint density at radius 3 is 3.00 bits per heavy atom. The molecule has 0 spiro atoms. The fourth-order valence-electron chi connectivity index (χ4n) is 1.51. The van der Waals surface area contributed by atoms with Crippen LogP contribution in [0.2, 0.25) is 0 Å². The predicted octanol–water partition coefficient (Wildman–Crippen LogP) is 0.715. The van der Waals surface area contributed by atoms with Crippen LogP contribution < -0.4 is 5.32 Å². The summed E-state index contributed by atoms with van der Waals surface area (Å²) in [5, 5.41) is 11.6. The molecule has 0 aliphatic carbocycles. The van der Waals surface area contributed by atoms with Gasteiger partial charge in [0, 0.05) is 39.1 Å². The summed E-state index contributed by atoms with van der Waals surface area (Å²) in [5.74, 6) is 0. The lowest BCUT2D eigenvalue weighted by Gasteiger charge is -2.20. The Morgan fingerprint density at radius 2 is 2.47 bits per heavy atom. The molecule has 1 aromatic heterocycles. The molecule has 0 atom stereocenters. The van der Waals surface area contributed by atoms with Gasteiger partial charge < -0.3 is 19.9 Å². The zero-order valence-corrected chi connectivity index (χ0v) is 10.1. The molecular formula is C12H19N3O2. The van der Waals surface area contributed by atoms with E-state index < -0.39 is 0 Å². The maximum absolute atomic E-state index is 11.8. The van der Waals surface area contributed by atoms with Gasteiger partial charge in [-0.2, -0.15) is 0 Å². The van der Waals surface area contributed by atoms with Gasteiger partial charge in [-0.3, -0.25) is 0 Å². The number of carbonyl (C=O) groups is 1. The molecule has 0 radical (unpaired) electrons. The van der Waals surface area contributed by atoms with Crippen LogP contribution >= 0.6 is 0 Å². The van der Waals surface area contributed by atoms with Gasteiger partial charge in [-0.1, -0.05) is 6.08 Å². The molecule has 1 rings (SSSR count). The molecular weight excluding hydrogens is 218 g/mol. The monoisotopic (exact) mass is 237 g/mol. The maximum atomic E-state index is 11.8. The van der Waals surface area contributed by atoms with Crippen molar-refractivity contribution in [3.63, 3.8) is 0 Å². The Hall–Kier alpha value is -1.75. The van der Waals surface area contributed by atoms with Gasteiger partial charge in [-0.05, 0) is 11.6 Å². The SMILES string of the molecule is C=CCN(CCO)C(=O)NCc1ccn(C)c1. The third kappa shape index (κ3) is 4.32. The molecule has 0 aromatic carbocycles. The highest BCUT2D eigenvalue weighted by molar-refractivity contribution is 5.74. The number of nitrogens with zero attached hydrogens (tertiary/aromatic N) is 2. The highest BCUT2D eigenvalue weighted by Gasteiger charge is 2.10. The van der Waals surface area contributed by atoms with Crippen LogP contribution in [-0.4, -0.2) is 40.3 Å². The van der Waals surface area contributed by atoms with E-state index in [1.54, 1.807) is 6.08 Å². The van der Waals surface area contributed by atoms with E-state index in [1.807, 2.05) is 30.1 Å². The van der Waals surface area contributed by atoms with Crippen LogP contribution in [0.4, 0.5) is 4.79 Å². The molecule has 0 saturated heterocycles. The summed E-state index contributed by atoms with van der Waals surface area (Å²) >= 11 is 0. The molecule has 0 saturated carbocycles. The van der Waals surface area contributed by atoms with Crippen LogP contribution in [0.1, 0.15) is 5.56 Å². The van der Waals surface area contributed by atoms with Crippen LogP contribution in [0.25, 0.3) is 0 Å².